The van der Waals surface area contributed by atoms with Gasteiger partial charge in [-0.15, -0.1) is 5.92 Å². The Labute approximate surface area is 102 Å². The van der Waals surface area contributed by atoms with Crippen molar-refractivity contribution in [2.24, 2.45) is 0 Å². The molecule has 2 nitrogen and oxygen atoms in total. The lowest BCUT2D eigenvalue weighted by Crippen LogP contribution is -2.13. The van der Waals surface area contributed by atoms with E-state index in [4.69, 9.17) is 4.74 Å². The van der Waals surface area contributed by atoms with Gasteiger partial charge < -0.3 is 10.1 Å². The minimum Gasteiger partial charge on any atom is -0.478 e. The fourth-order valence-electron chi connectivity index (χ4n) is 1.37. The molecule has 0 aromatic heterocycles. The fraction of sp³-hybridized carbons (Fsp3) is 0.429. The van der Waals surface area contributed by atoms with Crippen LogP contribution in [0.1, 0.15) is 25.8 Å². The van der Waals surface area contributed by atoms with Gasteiger partial charge in [0.25, 0.3) is 0 Å². The smallest absolute Gasteiger partial charge is 0.165 e. The second-order valence-corrected chi connectivity index (χ2v) is 3.66. The van der Waals surface area contributed by atoms with E-state index in [0.717, 1.165) is 18.5 Å². The lowest BCUT2D eigenvalue weighted by molar-refractivity contribution is 0.347. The third-order valence-electron chi connectivity index (χ3n) is 2.23. The first-order chi connectivity index (χ1) is 8.27. The van der Waals surface area contributed by atoms with Crippen LogP contribution in [0.15, 0.2) is 18.2 Å². The summed E-state index contributed by atoms with van der Waals surface area (Å²) < 4.78 is 18.8. The number of hydrogen-bond acceptors (Lipinski definition) is 2. The van der Waals surface area contributed by atoms with Gasteiger partial charge in [-0.2, -0.15) is 0 Å². The van der Waals surface area contributed by atoms with E-state index in [1.807, 2.05) is 6.07 Å². The van der Waals surface area contributed by atoms with Crippen molar-refractivity contribution in [1.29, 1.82) is 0 Å². The highest BCUT2D eigenvalue weighted by atomic mass is 19.1. The van der Waals surface area contributed by atoms with Crippen LogP contribution in [0.3, 0.4) is 0 Å². The van der Waals surface area contributed by atoms with E-state index in [1.165, 1.54) is 6.07 Å². The Bertz CT molecular complexity index is 406. The van der Waals surface area contributed by atoms with Crippen LogP contribution in [0.25, 0.3) is 0 Å². The zero-order valence-corrected chi connectivity index (χ0v) is 10.3. The summed E-state index contributed by atoms with van der Waals surface area (Å²) >= 11 is 0. The monoisotopic (exact) mass is 235 g/mol. The average Bonchev–Trinajstić information content (AvgIpc) is 2.32. The first kappa shape index (κ1) is 13.5. The molecule has 92 valence electrons. The zero-order valence-electron chi connectivity index (χ0n) is 10.3. The molecule has 0 bridgehead atoms. The maximum absolute atomic E-state index is 13.6. The van der Waals surface area contributed by atoms with Gasteiger partial charge in [-0.3, -0.25) is 0 Å². The molecule has 0 aliphatic heterocycles. The summed E-state index contributed by atoms with van der Waals surface area (Å²) in [6.07, 6.45) is 1.07. The van der Waals surface area contributed by atoms with Crippen LogP contribution in [0.2, 0.25) is 0 Å². The molecule has 0 spiro atoms. The molecule has 0 heterocycles. The van der Waals surface area contributed by atoms with Crippen molar-refractivity contribution in [1.82, 2.24) is 5.32 Å². The van der Waals surface area contributed by atoms with Crippen LogP contribution in [-0.4, -0.2) is 13.2 Å². The third-order valence-corrected chi connectivity index (χ3v) is 2.23. The summed E-state index contributed by atoms with van der Waals surface area (Å²) in [4.78, 5) is 0. The van der Waals surface area contributed by atoms with E-state index >= 15 is 0 Å². The van der Waals surface area contributed by atoms with Gasteiger partial charge in [0.1, 0.15) is 6.61 Å². The molecular formula is C14H18FNO. The van der Waals surface area contributed by atoms with Crippen LogP contribution in [0, 0.1) is 17.7 Å². The lowest BCUT2D eigenvalue weighted by atomic mass is 10.2. The van der Waals surface area contributed by atoms with Gasteiger partial charge >= 0.3 is 0 Å². The Balaban J connectivity index is 2.55. The maximum atomic E-state index is 13.6. The molecule has 1 aromatic rings. The topological polar surface area (TPSA) is 21.3 Å². The van der Waals surface area contributed by atoms with Crippen molar-refractivity contribution in [2.75, 3.05) is 13.2 Å². The SMILES string of the molecule is CC#CCOc1ccc(CNCCC)cc1F. The molecule has 17 heavy (non-hydrogen) atoms. The van der Waals surface area contributed by atoms with Crippen LogP contribution in [0.5, 0.6) is 5.75 Å². The predicted molar refractivity (Wildman–Crippen MR) is 67.3 cm³/mol. The third kappa shape index (κ3) is 4.88. The maximum Gasteiger partial charge on any atom is 0.165 e. The fourth-order valence-corrected chi connectivity index (χ4v) is 1.37. The molecule has 0 aliphatic rings. The van der Waals surface area contributed by atoms with Crippen molar-refractivity contribution in [3.8, 4) is 17.6 Å². The Morgan fingerprint density at radius 2 is 2.24 bits per heavy atom. The predicted octanol–water partition coefficient (Wildman–Crippen LogP) is 2.73. The summed E-state index contributed by atoms with van der Waals surface area (Å²) in [6, 6.07) is 5.01. The van der Waals surface area contributed by atoms with Crippen LogP contribution in [0.4, 0.5) is 4.39 Å². The van der Waals surface area contributed by atoms with Crippen molar-refractivity contribution >= 4 is 0 Å². The van der Waals surface area contributed by atoms with Gasteiger partial charge in [0.15, 0.2) is 11.6 Å². The molecule has 1 N–H and O–H groups in total. The molecule has 1 aromatic carbocycles. The quantitative estimate of drug-likeness (QED) is 0.604. The van der Waals surface area contributed by atoms with Crippen molar-refractivity contribution in [3.63, 3.8) is 0 Å². The highest BCUT2D eigenvalue weighted by molar-refractivity contribution is 5.29. The van der Waals surface area contributed by atoms with Crippen LogP contribution in [-0.2, 0) is 6.54 Å². The van der Waals surface area contributed by atoms with Gasteiger partial charge in [0.2, 0.25) is 0 Å². The summed E-state index contributed by atoms with van der Waals surface area (Å²) in [5.41, 5.74) is 0.921. The molecule has 0 saturated heterocycles. The molecule has 3 heteroatoms. The number of ether oxygens (including phenoxy) is 1. The minimum absolute atomic E-state index is 0.223. The highest BCUT2D eigenvalue weighted by Gasteiger charge is 2.03. The van der Waals surface area contributed by atoms with Crippen molar-refractivity contribution in [2.45, 2.75) is 26.8 Å². The molecule has 1 rings (SSSR count). The van der Waals surface area contributed by atoms with Gasteiger partial charge in [-0.25, -0.2) is 4.39 Å². The summed E-state index contributed by atoms with van der Waals surface area (Å²) in [6.45, 7) is 5.66. The molecule has 0 saturated carbocycles. The lowest BCUT2D eigenvalue weighted by Gasteiger charge is -2.07. The molecule has 0 amide bonds. The first-order valence-corrected chi connectivity index (χ1v) is 5.79. The van der Waals surface area contributed by atoms with Crippen molar-refractivity contribution < 1.29 is 9.13 Å². The Morgan fingerprint density at radius 1 is 1.41 bits per heavy atom. The second-order valence-electron chi connectivity index (χ2n) is 3.66. The van der Waals surface area contributed by atoms with E-state index in [1.54, 1.807) is 13.0 Å². The van der Waals surface area contributed by atoms with Gasteiger partial charge in [-0.05, 0) is 37.6 Å². The number of rotatable bonds is 6. The average molecular weight is 235 g/mol. The van der Waals surface area contributed by atoms with E-state index in [9.17, 15) is 4.39 Å². The number of nitrogens with one attached hydrogen (secondary N) is 1. The second kappa shape index (κ2) is 7.70. The molecule has 0 fully saturated rings. The molecule has 0 radical (unpaired) electrons. The Hall–Kier alpha value is -1.53. The highest BCUT2D eigenvalue weighted by Crippen LogP contribution is 2.18. The Kier molecular flexibility index (Phi) is 6.13. The molecule has 0 unspecified atom stereocenters. The van der Waals surface area contributed by atoms with Crippen LogP contribution >= 0.6 is 0 Å². The Morgan fingerprint density at radius 3 is 2.88 bits per heavy atom. The summed E-state index contributed by atoms with van der Waals surface area (Å²) in [5, 5.41) is 3.22. The number of halogens is 1. The van der Waals surface area contributed by atoms with Gasteiger partial charge in [-0.1, -0.05) is 18.9 Å². The largest absolute Gasteiger partial charge is 0.478 e. The summed E-state index contributed by atoms with van der Waals surface area (Å²) in [5.74, 6) is 5.35. The number of benzene rings is 1. The van der Waals surface area contributed by atoms with E-state index < -0.39 is 0 Å². The molecule has 0 aliphatic carbocycles. The van der Waals surface area contributed by atoms with Gasteiger partial charge in [0, 0.05) is 6.54 Å². The standard InChI is InChI=1S/C14H18FNO/c1-3-5-9-17-14-7-6-12(10-13(14)15)11-16-8-4-2/h6-7,10,16H,4,8-9,11H2,1-2H3. The van der Waals surface area contributed by atoms with Crippen molar-refractivity contribution in [3.05, 3.63) is 29.6 Å². The van der Waals surface area contributed by atoms with E-state index in [0.29, 0.717) is 6.54 Å². The van der Waals surface area contributed by atoms with Crippen LogP contribution < -0.4 is 10.1 Å². The van der Waals surface area contributed by atoms with Gasteiger partial charge in [0.05, 0.1) is 0 Å². The molecular weight excluding hydrogens is 217 g/mol. The summed E-state index contributed by atoms with van der Waals surface area (Å²) in [7, 11) is 0. The minimum atomic E-state index is -0.335. The zero-order chi connectivity index (χ0) is 12.5. The van der Waals surface area contributed by atoms with E-state index in [2.05, 4.69) is 24.1 Å². The molecule has 0 atom stereocenters. The van der Waals surface area contributed by atoms with E-state index in [-0.39, 0.29) is 18.2 Å². The first-order valence-electron chi connectivity index (χ1n) is 5.79. The normalized spacial score (nSPS) is 9.59. The number of hydrogen-bond donors (Lipinski definition) is 1.